The van der Waals surface area contributed by atoms with Crippen LogP contribution in [0.2, 0.25) is 10.0 Å². The highest BCUT2D eigenvalue weighted by atomic mass is 35.5. The van der Waals surface area contributed by atoms with Crippen LogP contribution in [0.25, 0.3) is 0 Å². The van der Waals surface area contributed by atoms with E-state index in [-0.39, 0.29) is 0 Å². The largest absolute Gasteiger partial charge is 0.490 e. The van der Waals surface area contributed by atoms with E-state index in [0.717, 1.165) is 17.7 Å². The van der Waals surface area contributed by atoms with Crippen molar-refractivity contribution in [3.63, 3.8) is 0 Å². The van der Waals surface area contributed by atoms with Crippen molar-refractivity contribution in [2.75, 3.05) is 11.9 Å². The minimum atomic E-state index is 0.553. The summed E-state index contributed by atoms with van der Waals surface area (Å²) in [5, 5.41) is 4.49. The summed E-state index contributed by atoms with van der Waals surface area (Å²) in [5.41, 5.74) is 3.34. The highest BCUT2D eigenvalue weighted by molar-refractivity contribution is 6.37. The van der Waals surface area contributed by atoms with Crippen LogP contribution in [0.4, 0.5) is 5.69 Å². The second-order valence-electron chi connectivity index (χ2n) is 4.91. The zero-order valence-corrected chi connectivity index (χ0v) is 13.8. The van der Waals surface area contributed by atoms with Gasteiger partial charge in [-0.2, -0.15) is 0 Å². The van der Waals surface area contributed by atoms with Gasteiger partial charge in [0, 0.05) is 12.2 Å². The number of nitrogens with one attached hydrogen (secondary N) is 1. The number of hydrogen-bond donors (Lipinski definition) is 1. The quantitative estimate of drug-likeness (QED) is 0.735. The van der Waals surface area contributed by atoms with Crippen molar-refractivity contribution in [1.29, 1.82) is 0 Å². The van der Waals surface area contributed by atoms with Crippen LogP contribution in [0.15, 0.2) is 36.4 Å². The molecule has 0 fully saturated rings. The first-order valence-corrected chi connectivity index (χ1v) is 7.77. The molecule has 112 valence electrons. The first kappa shape index (κ1) is 16.0. The van der Waals surface area contributed by atoms with E-state index in [1.54, 1.807) is 0 Å². The van der Waals surface area contributed by atoms with Crippen molar-refractivity contribution in [2.45, 2.75) is 26.8 Å². The maximum Gasteiger partial charge on any atom is 0.156 e. The molecule has 1 N–H and O–H groups in total. The predicted octanol–water partition coefficient (Wildman–Crippen LogP) is 5.70. The third-order valence-corrected chi connectivity index (χ3v) is 3.70. The summed E-state index contributed by atoms with van der Waals surface area (Å²) in [6.07, 6.45) is 0.920. The van der Waals surface area contributed by atoms with Crippen LogP contribution in [-0.2, 0) is 6.54 Å². The van der Waals surface area contributed by atoms with Crippen molar-refractivity contribution in [3.8, 4) is 5.75 Å². The van der Waals surface area contributed by atoms with E-state index in [1.807, 2.05) is 31.2 Å². The average Bonchev–Trinajstić information content (AvgIpc) is 2.46. The normalized spacial score (nSPS) is 10.5. The Bertz CT molecular complexity index is 590. The molecule has 0 aliphatic rings. The van der Waals surface area contributed by atoms with Crippen LogP contribution in [-0.4, -0.2) is 6.61 Å². The molecule has 0 bridgehead atoms. The van der Waals surface area contributed by atoms with Crippen molar-refractivity contribution in [2.24, 2.45) is 0 Å². The lowest BCUT2D eigenvalue weighted by molar-refractivity contribution is 0.318. The zero-order chi connectivity index (χ0) is 15.2. The molecule has 2 nitrogen and oxygen atoms in total. The maximum absolute atomic E-state index is 6.25. The summed E-state index contributed by atoms with van der Waals surface area (Å²) < 4.78 is 5.57. The fourth-order valence-electron chi connectivity index (χ4n) is 2.02. The molecule has 2 aromatic carbocycles. The average molecular weight is 324 g/mol. The van der Waals surface area contributed by atoms with Crippen molar-refractivity contribution in [3.05, 3.63) is 57.6 Å². The van der Waals surface area contributed by atoms with Crippen LogP contribution < -0.4 is 10.1 Å². The van der Waals surface area contributed by atoms with Gasteiger partial charge in [-0.3, -0.25) is 0 Å². The van der Waals surface area contributed by atoms with E-state index in [4.69, 9.17) is 27.9 Å². The molecule has 0 saturated carbocycles. The first-order chi connectivity index (χ1) is 10.1. The molecule has 0 spiro atoms. The van der Waals surface area contributed by atoms with Gasteiger partial charge >= 0.3 is 0 Å². The lowest BCUT2D eigenvalue weighted by Gasteiger charge is -2.13. The second kappa shape index (κ2) is 7.58. The number of benzene rings is 2. The van der Waals surface area contributed by atoms with Gasteiger partial charge in [-0.05, 0) is 42.7 Å². The minimum Gasteiger partial charge on any atom is -0.490 e. The third kappa shape index (κ3) is 4.29. The van der Waals surface area contributed by atoms with Gasteiger partial charge in [0.2, 0.25) is 0 Å². The number of anilines is 1. The van der Waals surface area contributed by atoms with Crippen LogP contribution in [0, 0.1) is 6.92 Å². The topological polar surface area (TPSA) is 21.3 Å². The Hall–Kier alpha value is -1.38. The number of para-hydroxylation sites is 1. The van der Waals surface area contributed by atoms with Gasteiger partial charge < -0.3 is 10.1 Å². The molecule has 0 radical (unpaired) electrons. The van der Waals surface area contributed by atoms with Crippen molar-refractivity contribution < 1.29 is 4.74 Å². The fraction of sp³-hybridized carbons (Fsp3) is 0.294. The number of aryl methyl sites for hydroxylation is 1. The van der Waals surface area contributed by atoms with E-state index in [1.165, 1.54) is 5.56 Å². The van der Waals surface area contributed by atoms with Gasteiger partial charge in [-0.15, -0.1) is 0 Å². The third-order valence-electron chi connectivity index (χ3n) is 3.14. The Balaban J connectivity index is 2.09. The molecule has 0 heterocycles. The van der Waals surface area contributed by atoms with E-state index < -0.39 is 0 Å². The van der Waals surface area contributed by atoms with Gasteiger partial charge in [-0.1, -0.05) is 48.3 Å². The molecule has 2 rings (SSSR count). The van der Waals surface area contributed by atoms with E-state index in [0.29, 0.717) is 28.9 Å². The van der Waals surface area contributed by atoms with Crippen LogP contribution in [0.3, 0.4) is 0 Å². The molecule has 2 aromatic rings. The first-order valence-electron chi connectivity index (χ1n) is 7.02. The Morgan fingerprint density at radius 3 is 2.38 bits per heavy atom. The van der Waals surface area contributed by atoms with Crippen LogP contribution in [0.5, 0.6) is 5.75 Å². The molecule has 0 amide bonds. The molecule has 21 heavy (non-hydrogen) atoms. The van der Waals surface area contributed by atoms with E-state index in [2.05, 4.69) is 24.4 Å². The highest BCUT2D eigenvalue weighted by Gasteiger charge is 2.09. The Morgan fingerprint density at radius 1 is 1.10 bits per heavy atom. The monoisotopic (exact) mass is 323 g/mol. The summed E-state index contributed by atoms with van der Waals surface area (Å²) in [7, 11) is 0. The standard InChI is InChI=1S/C17H19Cl2NO/c1-3-8-21-17-14(18)9-13(10-15(17)19)11-20-16-7-5-4-6-12(16)2/h4-7,9-10,20H,3,8,11H2,1-2H3. The smallest absolute Gasteiger partial charge is 0.156 e. The molecule has 0 aromatic heterocycles. The Kier molecular flexibility index (Phi) is 5.77. The number of rotatable bonds is 6. The second-order valence-corrected chi connectivity index (χ2v) is 5.72. The molecule has 0 aliphatic heterocycles. The number of hydrogen-bond acceptors (Lipinski definition) is 2. The van der Waals surface area contributed by atoms with Gasteiger partial charge in [0.1, 0.15) is 0 Å². The van der Waals surface area contributed by atoms with Crippen molar-refractivity contribution in [1.82, 2.24) is 0 Å². The molecule has 0 atom stereocenters. The summed E-state index contributed by atoms with van der Waals surface area (Å²) in [6, 6.07) is 11.9. The molecular weight excluding hydrogens is 305 g/mol. The summed E-state index contributed by atoms with van der Waals surface area (Å²) in [5.74, 6) is 0.569. The zero-order valence-electron chi connectivity index (χ0n) is 12.2. The summed E-state index contributed by atoms with van der Waals surface area (Å²) in [6.45, 7) is 5.39. The maximum atomic E-state index is 6.25. The minimum absolute atomic E-state index is 0.553. The summed E-state index contributed by atoms with van der Waals surface area (Å²) in [4.78, 5) is 0. The predicted molar refractivity (Wildman–Crippen MR) is 90.8 cm³/mol. The Labute approximate surface area is 136 Å². The van der Waals surface area contributed by atoms with Gasteiger partial charge in [-0.25, -0.2) is 0 Å². The number of ether oxygens (including phenoxy) is 1. The van der Waals surface area contributed by atoms with Crippen molar-refractivity contribution >= 4 is 28.9 Å². The SMILES string of the molecule is CCCOc1c(Cl)cc(CNc2ccccc2C)cc1Cl. The van der Waals surface area contributed by atoms with Crippen LogP contribution in [0.1, 0.15) is 24.5 Å². The Morgan fingerprint density at radius 2 is 1.76 bits per heavy atom. The molecule has 0 aliphatic carbocycles. The highest BCUT2D eigenvalue weighted by Crippen LogP contribution is 2.34. The lowest BCUT2D eigenvalue weighted by Crippen LogP contribution is -2.02. The molecular formula is C17H19Cl2NO. The van der Waals surface area contributed by atoms with Gasteiger partial charge in [0.25, 0.3) is 0 Å². The molecule has 0 saturated heterocycles. The molecule has 4 heteroatoms. The van der Waals surface area contributed by atoms with Crippen LogP contribution >= 0.6 is 23.2 Å². The number of halogens is 2. The van der Waals surface area contributed by atoms with E-state index >= 15 is 0 Å². The van der Waals surface area contributed by atoms with E-state index in [9.17, 15) is 0 Å². The summed E-state index contributed by atoms with van der Waals surface area (Å²) >= 11 is 12.5. The molecule has 0 unspecified atom stereocenters. The van der Waals surface area contributed by atoms with Gasteiger partial charge in [0.15, 0.2) is 5.75 Å². The lowest BCUT2D eigenvalue weighted by atomic mass is 10.1. The van der Waals surface area contributed by atoms with Gasteiger partial charge in [0.05, 0.1) is 16.7 Å². The fourth-order valence-corrected chi connectivity index (χ4v) is 2.67.